The summed E-state index contributed by atoms with van der Waals surface area (Å²) in [6.45, 7) is 0. The van der Waals surface area contributed by atoms with Crippen LogP contribution in [0.1, 0.15) is 21.8 Å². The lowest BCUT2D eigenvalue weighted by Crippen LogP contribution is -2.14. The minimum absolute atomic E-state index is 0.0461. The van der Waals surface area contributed by atoms with Gasteiger partial charge in [0, 0.05) is 10.6 Å². The second-order valence-corrected chi connectivity index (χ2v) is 4.67. The molecular weight excluding hydrogens is 293 g/mol. The predicted molar refractivity (Wildman–Crippen MR) is 77.1 cm³/mol. The highest BCUT2D eigenvalue weighted by atomic mass is 35.5. The van der Waals surface area contributed by atoms with Crippen molar-refractivity contribution < 1.29 is 13.9 Å². The van der Waals surface area contributed by atoms with Crippen molar-refractivity contribution in [2.75, 3.05) is 7.11 Å². The summed E-state index contributed by atoms with van der Waals surface area (Å²) in [5.74, 6) is -2.23. The van der Waals surface area contributed by atoms with Crippen molar-refractivity contribution in [1.82, 2.24) is 0 Å². The first-order valence-corrected chi connectivity index (χ1v) is 6.48. The van der Waals surface area contributed by atoms with Gasteiger partial charge in [-0.3, -0.25) is 4.79 Å². The van der Waals surface area contributed by atoms with E-state index in [1.165, 1.54) is 31.4 Å². The second-order valence-electron chi connectivity index (χ2n) is 4.26. The van der Waals surface area contributed by atoms with Crippen LogP contribution in [0.2, 0.25) is 5.02 Å². The van der Waals surface area contributed by atoms with Gasteiger partial charge < -0.3 is 4.74 Å². The largest absolute Gasteiger partial charge is 0.496 e. The number of rotatable bonds is 4. The van der Waals surface area contributed by atoms with E-state index in [9.17, 15) is 14.4 Å². The third kappa shape index (κ3) is 2.88. The molecule has 2 aromatic carbocycles. The van der Waals surface area contributed by atoms with Gasteiger partial charge in [-0.2, -0.15) is 5.26 Å². The number of nitrogens with zero attached hydrogens (tertiary/aromatic N) is 1. The number of nitriles is 1. The van der Waals surface area contributed by atoms with Crippen LogP contribution in [-0.4, -0.2) is 12.9 Å². The van der Waals surface area contributed by atoms with E-state index in [2.05, 4.69) is 0 Å². The molecule has 0 aliphatic carbocycles. The fourth-order valence-electron chi connectivity index (χ4n) is 2.04. The maximum Gasteiger partial charge on any atom is 0.188 e. The molecule has 2 rings (SSSR count). The number of hydrogen-bond donors (Lipinski definition) is 0. The number of halogens is 2. The minimum atomic E-state index is -1.32. The van der Waals surface area contributed by atoms with E-state index in [4.69, 9.17) is 16.3 Å². The van der Waals surface area contributed by atoms with Crippen LogP contribution in [0.3, 0.4) is 0 Å². The van der Waals surface area contributed by atoms with Crippen molar-refractivity contribution in [1.29, 1.82) is 5.26 Å². The summed E-state index contributed by atoms with van der Waals surface area (Å²) in [4.78, 5) is 12.5. The molecular formula is C16H11ClFNO2. The zero-order valence-corrected chi connectivity index (χ0v) is 11.9. The average Bonchev–Trinajstić information content (AvgIpc) is 2.50. The van der Waals surface area contributed by atoms with Crippen molar-refractivity contribution in [3.8, 4) is 11.8 Å². The molecule has 0 bridgehead atoms. The molecule has 1 atom stereocenters. The van der Waals surface area contributed by atoms with Gasteiger partial charge in [-0.1, -0.05) is 29.8 Å². The molecule has 21 heavy (non-hydrogen) atoms. The number of para-hydroxylation sites is 1. The van der Waals surface area contributed by atoms with Crippen molar-refractivity contribution in [3.63, 3.8) is 0 Å². The lowest BCUT2D eigenvalue weighted by Gasteiger charge is -2.13. The molecule has 0 aliphatic rings. The van der Waals surface area contributed by atoms with Crippen molar-refractivity contribution in [2.45, 2.75) is 5.92 Å². The number of Topliss-reactive ketones (excluding diaryl/α,β-unsaturated/α-hetero) is 1. The Hall–Kier alpha value is -2.38. The van der Waals surface area contributed by atoms with Gasteiger partial charge in [-0.15, -0.1) is 0 Å². The zero-order chi connectivity index (χ0) is 15.4. The number of methoxy groups -OCH3 is 1. The van der Waals surface area contributed by atoms with Crippen LogP contribution in [0, 0.1) is 17.1 Å². The van der Waals surface area contributed by atoms with Crippen LogP contribution >= 0.6 is 11.6 Å². The first-order valence-electron chi connectivity index (χ1n) is 6.11. The van der Waals surface area contributed by atoms with E-state index in [0.717, 1.165) is 0 Å². The van der Waals surface area contributed by atoms with E-state index in [-0.39, 0.29) is 16.1 Å². The minimum Gasteiger partial charge on any atom is -0.496 e. The van der Waals surface area contributed by atoms with Gasteiger partial charge in [0.15, 0.2) is 5.78 Å². The number of benzene rings is 2. The van der Waals surface area contributed by atoms with Crippen molar-refractivity contribution >= 4 is 17.4 Å². The Morgan fingerprint density at radius 3 is 2.62 bits per heavy atom. The Kier molecular flexibility index (Phi) is 4.56. The number of hydrogen-bond acceptors (Lipinski definition) is 3. The van der Waals surface area contributed by atoms with Crippen LogP contribution < -0.4 is 4.74 Å². The molecule has 0 heterocycles. The standard InChI is InChI=1S/C16H11ClFNO2/c1-21-14-8-3-2-5-10(14)16(20)11(9-19)15-12(17)6-4-7-13(15)18/h2-8,11H,1H3. The van der Waals surface area contributed by atoms with Crippen LogP contribution in [0.5, 0.6) is 5.75 Å². The van der Waals surface area contributed by atoms with Crippen LogP contribution in [0.25, 0.3) is 0 Å². The predicted octanol–water partition coefficient (Wildman–Crippen LogP) is 3.98. The smallest absolute Gasteiger partial charge is 0.188 e. The highest BCUT2D eigenvalue weighted by molar-refractivity contribution is 6.32. The monoisotopic (exact) mass is 303 g/mol. The van der Waals surface area contributed by atoms with Gasteiger partial charge >= 0.3 is 0 Å². The third-order valence-corrected chi connectivity index (χ3v) is 3.38. The number of carbonyl (C=O) groups excluding carboxylic acids is 1. The lowest BCUT2D eigenvalue weighted by molar-refractivity contribution is 0.0974. The molecule has 2 aromatic rings. The van der Waals surface area contributed by atoms with E-state index in [1.807, 2.05) is 6.07 Å². The Morgan fingerprint density at radius 1 is 1.29 bits per heavy atom. The molecule has 0 amide bonds. The summed E-state index contributed by atoms with van der Waals surface area (Å²) in [5, 5.41) is 9.33. The highest BCUT2D eigenvalue weighted by Gasteiger charge is 2.28. The third-order valence-electron chi connectivity index (χ3n) is 3.05. The summed E-state index contributed by atoms with van der Waals surface area (Å²) in [5.41, 5.74) is 0.100. The first kappa shape index (κ1) is 15.0. The number of carbonyl (C=O) groups is 1. The molecule has 0 radical (unpaired) electrons. The molecule has 0 aromatic heterocycles. The molecule has 106 valence electrons. The molecule has 0 fully saturated rings. The summed E-state index contributed by atoms with van der Waals surface area (Å²) in [6.07, 6.45) is 0. The summed E-state index contributed by atoms with van der Waals surface area (Å²) in [7, 11) is 1.42. The van der Waals surface area contributed by atoms with Crippen LogP contribution in [0.4, 0.5) is 4.39 Å². The normalized spacial score (nSPS) is 11.5. The van der Waals surface area contributed by atoms with Gasteiger partial charge in [-0.05, 0) is 24.3 Å². The summed E-state index contributed by atoms with van der Waals surface area (Å²) < 4.78 is 19.0. The molecule has 0 aliphatic heterocycles. The Bertz CT molecular complexity index is 704. The molecule has 0 spiro atoms. The van der Waals surface area contributed by atoms with Crippen molar-refractivity contribution in [2.24, 2.45) is 0 Å². The summed E-state index contributed by atoms with van der Waals surface area (Å²) >= 11 is 5.93. The van der Waals surface area contributed by atoms with Gasteiger partial charge in [0.25, 0.3) is 0 Å². The number of ether oxygens (including phenoxy) is 1. The first-order chi connectivity index (χ1) is 10.1. The molecule has 0 saturated heterocycles. The Morgan fingerprint density at radius 2 is 2.00 bits per heavy atom. The average molecular weight is 304 g/mol. The van der Waals surface area contributed by atoms with E-state index >= 15 is 0 Å². The molecule has 1 unspecified atom stereocenters. The Labute approximate surface area is 126 Å². The maximum atomic E-state index is 13.9. The van der Waals surface area contributed by atoms with Gasteiger partial charge in [-0.25, -0.2) is 4.39 Å². The van der Waals surface area contributed by atoms with Crippen LogP contribution in [0.15, 0.2) is 42.5 Å². The molecule has 5 heteroatoms. The van der Waals surface area contributed by atoms with Gasteiger partial charge in [0.2, 0.25) is 0 Å². The number of ketones is 1. The van der Waals surface area contributed by atoms with Crippen LogP contribution in [-0.2, 0) is 0 Å². The second kappa shape index (κ2) is 6.38. The molecule has 3 nitrogen and oxygen atoms in total. The van der Waals surface area contributed by atoms with Gasteiger partial charge in [0.05, 0.1) is 18.7 Å². The summed E-state index contributed by atoms with van der Waals surface area (Å²) in [6, 6.07) is 12.3. The topological polar surface area (TPSA) is 50.1 Å². The quantitative estimate of drug-likeness (QED) is 0.803. The lowest BCUT2D eigenvalue weighted by atomic mass is 9.91. The van der Waals surface area contributed by atoms with E-state index < -0.39 is 17.5 Å². The maximum absolute atomic E-state index is 13.9. The van der Waals surface area contributed by atoms with Crippen molar-refractivity contribution in [3.05, 3.63) is 64.4 Å². The molecule has 0 N–H and O–H groups in total. The zero-order valence-electron chi connectivity index (χ0n) is 11.1. The SMILES string of the molecule is COc1ccccc1C(=O)C(C#N)c1c(F)cccc1Cl. The fourth-order valence-corrected chi connectivity index (χ4v) is 2.32. The van der Waals surface area contributed by atoms with E-state index in [1.54, 1.807) is 18.2 Å². The highest BCUT2D eigenvalue weighted by Crippen LogP contribution is 2.31. The fraction of sp³-hybridized carbons (Fsp3) is 0.125. The Balaban J connectivity index is 2.52. The molecule has 0 saturated carbocycles. The van der Waals surface area contributed by atoms with E-state index in [0.29, 0.717) is 5.75 Å². The van der Waals surface area contributed by atoms with Gasteiger partial charge in [0.1, 0.15) is 17.5 Å².